The number of hydrazine groups is 1. The van der Waals surface area contributed by atoms with E-state index in [0.717, 1.165) is 25.7 Å². The van der Waals surface area contributed by atoms with Crippen molar-refractivity contribution in [2.24, 2.45) is 11.8 Å². The van der Waals surface area contributed by atoms with E-state index in [1.165, 1.54) is 0 Å². The minimum atomic E-state index is -0.105. The van der Waals surface area contributed by atoms with Gasteiger partial charge in [0, 0.05) is 12.8 Å². The van der Waals surface area contributed by atoms with Crippen LogP contribution in [0.4, 0.5) is 0 Å². The largest absolute Gasteiger partial charge is 0.273 e. The zero-order valence-electron chi connectivity index (χ0n) is 12.2. The SMILES string of the molecule is CCCC(C)CC(=O)NNC(=O)CCC(C)CC. The van der Waals surface area contributed by atoms with Gasteiger partial charge in [-0.1, -0.05) is 47.0 Å². The van der Waals surface area contributed by atoms with Gasteiger partial charge in [0.25, 0.3) is 0 Å². The third kappa shape index (κ3) is 9.02. The maximum Gasteiger partial charge on any atom is 0.238 e. The summed E-state index contributed by atoms with van der Waals surface area (Å²) < 4.78 is 0. The summed E-state index contributed by atoms with van der Waals surface area (Å²) in [4.78, 5) is 23.0. The molecule has 0 saturated heterocycles. The highest BCUT2D eigenvalue weighted by molar-refractivity contribution is 5.81. The second-order valence-corrected chi connectivity index (χ2v) is 5.25. The van der Waals surface area contributed by atoms with Crippen molar-refractivity contribution in [3.8, 4) is 0 Å². The Labute approximate surface area is 111 Å². The average molecular weight is 256 g/mol. The molecule has 0 spiro atoms. The van der Waals surface area contributed by atoms with Crippen LogP contribution < -0.4 is 10.9 Å². The van der Waals surface area contributed by atoms with E-state index in [9.17, 15) is 9.59 Å². The van der Waals surface area contributed by atoms with E-state index in [0.29, 0.717) is 24.7 Å². The molecular weight excluding hydrogens is 228 g/mol. The van der Waals surface area contributed by atoms with Crippen LogP contribution in [0.5, 0.6) is 0 Å². The van der Waals surface area contributed by atoms with Crippen molar-refractivity contribution in [1.82, 2.24) is 10.9 Å². The van der Waals surface area contributed by atoms with Crippen LogP contribution in [0.1, 0.15) is 66.2 Å². The fourth-order valence-corrected chi connectivity index (χ4v) is 1.75. The van der Waals surface area contributed by atoms with Crippen molar-refractivity contribution in [2.45, 2.75) is 66.2 Å². The molecule has 0 aliphatic carbocycles. The van der Waals surface area contributed by atoms with E-state index in [2.05, 4.69) is 31.6 Å². The molecule has 18 heavy (non-hydrogen) atoms. The molecule has 0 fully saturated rings. The van der Waals surface area contributed by atoms with Gasteiger partial charge in [-0.3, -0.25) is 20.4 Å². The number of hydrogen-bond acceptors (Lipinski definition) is 2. The van der Waals surface area contributed by atoms with Gasteiger partial charge in [-0.05, 0) is 18.3 Å². The Morgan fingerprint density at radius 1 is 0.944 bits per heavy atom. The predicted molar refractivity (Wildman–Crippen MR) is 73.7 cm³/mol. The summed E-state index contributed by atoms with van der Waals surface area (Å²) in [7, 11) is 0. The van der Waals surface area contributed by atoms with Crippen LogP contribution in [0.25, 0.3) is 0 Å². The van der Waals surface area contributed by atoms with Crippen molar-refractivity contribution in [3.05, 3.63) is 0 Å². The summed E-state index contributed by atoms with van der Waals surface area (Å²) in [6.07, 6.45) is 5.00. The van der Waals surface area contributed by atoms with E-state index in [-0.39, 0.29) is 11.8 Å². The molecule has 0 radical (unpaired) electrons. The van der Waals surface area contributed by atoms with Gasteiger partial charge in [-0.25, -0.2) is 0 Å². The molecule has 2 atom stereocenters. The molecule has 4 heteroatoms. The number of rotatable bonds is 8. The maximum absolute atomic E-state index is 11.5. The van der Waals surface area contributed by atoms with Gasteiger partial charge < -0.3 is 0 Å². The van der Waals surface area contributed by atoms with Crippen LogP contribution in [-0.2, 0) is 9.59 Å². The van der Waals surface area contributed by atoms with Crippen LogP contribution in [0.15, 0.2) is 0 Å². The molecule has 0 aromatic heterocycles. The van der Waals surface area contributed by atoms with Crippen molar-refractivity contribution in [1.29, 1.82) is 0 Å². The summed E-state index contributed by atoms with van der Waals surface area (Å²) in [6, 6.07) is 0. The molecule has 0 aromatic rings. The maximum atomic E-state index is 11.5. The van der Waals surface area contributed by atoms with Crippen molar-refractivity contribution < 1.29 is 9.59 Å². The highest BCUT2D eigenvalue weighted by Crippen LogP contribution is 2.09. The van der Waals surface area contributed by atoms with Gasteiger partial charge in [-0.15, -0.1) is 0 Å². The zero-order chi connectivity index (χ0) is 14.0. The summed E-state index contributed by atoms with van der Waals surface area (Å²) >= 11 is 0. The standard InChI is InChI=1S/C14H28N2O2/c1-5-7-12(4)10-14(18)16-15-13(17)9-8-11(3)6-2/h11-12H,5-10H2,1-4H3,(H,15,17)(H,16,18). The average Bonchev–Trinajstić information content (AvgIpc) is 2.33. The smallest absolute Gasteiger partial charge is 0.238 e. The molecule has 0 aliphatic rings. The van der Waals surface area contributed by atoms with Crippen LogP contribution >= 0.6 is 0 Å². The molecule has 0 rings (SSSR count). The minimum absolute atomic E-state index is 0.104. The first kappa shape index (κ1) is 16.9. The summed E-state index contributed by atoms with van der Waals surface area (Å²) in [5.41, 5.74) is 4.95. The van der Waals surface area contributed by atoms with Gasteiger partial charge in [-0.2, -0.15) is 0 Å². The molecule has 4 nitrogen and oxygen atoms in total. The number of carbonyl (C=O) groups excluding carboxylic acids is 2. The summed E-state index contributed by atoms with van der Waals surface area (Å²) in [5.74, 6) is 0.711. The van der Waals surface area contributed by atoms with E-state index in [4.69, 9.17) is 0 Å². The molecule has 2 amide bonds. The van der Waals surface area contributed by atoms with Gasteiger partial charge in [0.2, 0.25) is 11.8 Å². The monoisotopic (exact) mass is 256 g/mol. The first-order valence-corrected chi connectivity index (χ1v) is 7.07. The van der Waals surface area contributed by atoms with Gasteiger partial charge >= 0.3 is 0 Å². The van der Waals surface area contributed by atoms with Crippen molar-refractivity contribution >= 4 is 11.8 Å². The summed E-state index contributed by atoms with van der Waals surface area (Å²) in [6.45, 7) is 8.39. The number of nitrogens with one attached hydrogen (secondary N) is 2. The molecule has 0 bridgehead atoms. The predicted octanol–water partition coefficient (Wildman–Crippen LogP) is 2.79. The fourth-order valence-electron chi connectivity index (χ4n) is 1.75. The highest BCUT2D eigenvalue weighted by Gasteiger charge is 2.10. The van der Waals surface area contributed by atoms with Crippen LogP contribution in [0, 0.1) is 11.8 Å². The lowest BCUT2D eigenvalue weighted by Gasteiger charge is -2.12. The van der Waals surface area contributed by atoms with Crippen LogP contribution in [-0.4, -0.2) is 11.8 Å². The third-order valence-electron chi connectivity index (χ3n) is 3.22. The van der Waals surface area contributed by atoms with E-state index in [1.807, 2.05) is 6.92 Å². The Kier molecular flexibility index (Phi) is 9.33. The molecule has 0 aromatic carbocycles. The Balaban J connectivity index is 3.68. The van der Waals surface area contributed by atoms with Crippen LogP contribution in [0.3, 0.4) is 0 Å². The number of carbonyl (C=O) groups is 2. The second-order valence-electron chi connectivity index (χ2n) is 5.25. The molecule has 0 heterocycles. The molecule has 106 valence electrons. The lowest BCUT2D eigenvalue weighted by atomic mass is 10.0. The minimum Gasteiger partial charge on any atom is -0.273 e. The molecule has 0 saturated carbocycles. The molecule has 2 N–H and O–H groups in total. The normalized spacial score (nSPS) is 13.8. The Bertz CT molecular complexity index is 254. The fraction of sp³-hybridized carbons (Fsp3) is 0.857. The highest BCUT2D eigenvalue weighted by atomic mass is 16.2. The molecular formula is C14H28N2O2. The lowest BCUT2D eigenvalue weighted by molar-refractivity contribution is -0.129. The number of hydrogen-bond donors (Lipinski definition) is 2. The van der Waals surface area contributed by atoms with Gasteiger partial charge in [0.1, 0.15) is 0 Å². The van der Waals surface area contributed by atoms with Crippen molar-refractivity contribution in [2.75, 3.05) is 0 Å². The quantitative estimate of drug-likeness (QED) is 0.656. The lowest BCUT2D eigenvalue weighted by Crippen LogP contribution is -2.42. The zero-order valence-corrected chi connectivity index (χ0v) is 12.2. The number of amides is 2. The third-order valence-corrected chi connectivity index (χ3v) is 3.22. The first-order chi connectivity index (χ1) is 8.49. The van der Waals surface area contributed by atoms with Gasteiger partial charge in [0.15, 0.2) is 0 Å². The van der Waals surface area contributed by atoms with Crippen LogP contribution in [0.2, 0.25) is 0 Å². The first-order valence-electron chi connectivity index (χ1n) is 7.07. The van der Waals surface area contributed by atoms with E-state index < -0.39 is 0 Å². The van der Waals surface area contributed by atoms with E-state index in [1.54, 1.807) is 0 Å². The second kappa shape index (κ2) is 9.92. The Morgan fingerprint density at radius 3 is 2.11 bits per heavy atom. The topological polar surface area (TPSA) is 58.2 Å². The molecule has 2 unspecified atom stereocenters. The van der Waals surface area contributed by atoms with Gasteiger partial charge in [0.05, 0.1) is 0 Å². The Morgan fingerprint density at radius 2 is 1.56 bits per heavy atom. The molecule has 0 aliphatic heterocycles. The van der Waals surface area contributed by atoms with E-state index >= 15 is 0 Å². The van der Waals surface area contributed by atoms with Crippen molar-refractivity contribution in [3.63, 3.8) is 0 Å². The summed E-state index contributed by atoms with van der Waals surface area (Å²) in [5, 5.41) is 0. The Hall–Kier alpha value is -1.06.